The molecule has 1 saturated heterocycles. The van der Waals surface area contributed by atoms with Gasteiger partial charge in [0.25, 0.3) is 0 Å². The number of ether oxygens (including phenoxy) is 1. The maximum atomic E-state index is 12.6. The van der Waals surface area contributed by atoms with E-state index >= 15 is 0 Å². The number of carboxylic acid groups (broad SMARTS) is 1. The third kappa shape index (κ3) is 2.56. The maximum absolute atomic E-state index is 12.6. The minimum absolute atomic E-state index is 0.0315. The van der Waals surface area contributed by atoms with Crippen molar-refractivity contribution < 1.29 is 23.1 Å². The summed E-state index contributed by atoms with van der Waals surface area (Å²) < 4.78 is 31.7. The minimum Gasteiger partial charge on any atom is -0.478 e. The number of hydrogen-bond acceptors (Lipinski definition) is 5. The fraction of sp³-hybridized carbons (Fsp3) is 0.286. The fourth-order valence-corrected chi connectivity index (χ4v) is 3.84. The Kier molecular flexibility index (Phi) is 3.81. The Morgan fingerprint density at radius 1 is 1.23 bits per heavy atom. The number of morpholine rings is 1. The van der Waals surface area contributed by atoms with Gasteiger partial charge >= 0.3 is 5.97 Å². The van der Waals surface area contributed by atoms with Crippen LogP contribution in [0.1, 0.15) is 10.4 Å². The summed E-state index contributed by atoms with van der Waals surface area (Å²) in [7, 11) is -3.66. The Hall–Kier alpha value is -2.03. The molecule has 116 valence electrons. The number of sulfonamides is 1. The summed E-state index contributed by atoms with van der Waals surface area (Å²) in [5.41, 5.74) is 0.477. The van der Waals surface area contributed by atoms with Gasteiger partial charge in [0.05, 0.1) is 29.2 Å². The van der Waals surface area contributed by atoms with Crippen molar-refractivity contribution in [1.82, 2.24) is 9.29 Å². The number of nitrogens with zero attached hydrogens (tertiary/aromatic N) is 2. The molecule has 0 spiro atoms. The largest absolute Gasteiger partial charge is 0.478 e. The van der Waals surface area contributed by atoms with Gasteiger partial charge in [-0.05, 0) is 24.3 Å². The molecule has 1 aliphatic heterocycles. The van der Waals surface area contributed by atoms with Crippen LogP contribution in [0.2, 0.25) is 0 Å². The van der Waals surface area contributed by atoms with Gasteiger partial charge in [0.15, 0.2) is 0 Å². The quantitative estimate of drug-likeness (QED) is 0.904. The normalized spacial score (nSPS) is 16.7. The van der Waals surface area contributed by atoms with Crippen molar-refractivity contribution in [3.8, 4) is 0 Å². The topological polar surface area (TPSA) is 96.8 Å². The van der Waals surface area contributed by atoms with E-state index in [-0.39, 0.29) is 10.5 Å². The van der Waals surface area contributed by atoms with Crippen LogP contribution in [0.4, 0.5) is 0 Å². The van der Waals surface area contributed by atoms with Gasteiger partial charge in [0.1, 0.15) is 0 Å². The van der Waals surface area contributed by atoms with Gasteiger partial charge in [-0.15, -0.1) is 0 Å². The van der Waals surface area contributed by atoms with E-state index in [0.29, 0.717) is 37.2 Å². The Labute approximate surface area is 127 Å². The van der Waals surface area contributed by atoms with Crippen molar-refractivity contribution in [3.63, 3.8) is 0 Å². The van der Waals surface area contributed by atoms with E-state index in [0.717, 1.165) is 0 Å². The van der Waals surface area contributed by atoms with Crippen molar-refractivity contribution in [3.05, 3.63) is 36.0 Å². The summed E-state index contributed by atoms with van der Waals surface area (Å²) in [5.74, 6) is -1.12. The van der Waals surface area contributed by atoms with E-state index in [9.17, 15) is 18.3 Å². The van der Waals surface area contributed by atoms with Gasteiger partial charge < -0.3 is 9.84 Å². The number of hydrogen-bond donors (Lipinski definition) is 1. The molecule has 7 nitrogen and oxygen atoms in total. The van der Waals surface area contributed by atoms with Crippen molar-refractivity contribution in [2.45, 2.75) is 4.90 Å². The van der Waals surface area contributed by atoms with Crippen LogP contribution >= 0.6 is 0 Å². The predicted octanol–water partition coefficient (Wildman–Crippen LogP) is 0.954. The van der Waals surface area contributed by atoms with Crippen molar-refractivity contribution in [1.29, 1.82) is 0 Å². The van der Waals surface area contributed by atoms with Crippen LogP contribution in [0.25, 0.3) is 10.9 Å². The van der Waals surface area contributed by atoms with E-state index in [1.807, 2.05) is 0 Å². The summed E-state index contributed by atoms with van der Waals surface area (Å²) in [5, 5.41) is 9.53. The van der Waals surface area contributed by atoms with Crippen LogP contribution in [0.15, 0.2) is 35.4 Å². The molecule has 0 radical (unpaired) electrons. The molecule has 1 aliphatic rings. The minimum atomic E-state index is -3.66. The van der Waals surface area contributed by atoms with Gasteiger partial charge in [-0.25, -0.2) is 13.2 Å². The number of rotatable bonds is 3. The standard InChI is InChI=1S/C14H14N2O5S/c17-14(18)11-3-4-15-13-2-1-10(9-12(11)13)22(19,20)16-5-7-21-8-6-16/h1-4,9H,5-8H2,(H,17,18). The van der Waals surface area contributed by atoms with Crippen molar-refractivity contribution in [2.75, 3.05) is 26.3 Å². The molecule has 1 fully saturated rings. The lowest BCUT2D eigenvalue weighted by Gasteiger charge is -2.26. The zero-order valence-corrected chi connectivity index (χ0v) is 12.4. The van der Waals surface area contributed by atoms with E-state index in [1.165, 1.54) is 34.8 Å². The zero-order chi connectivity index (χ0) is 15.7. The molecular formula is C14H14N2O5S. The molecule has 8 heteroatoms. The molecule has 0 atom stereocenters. The lowest BCUT2D eigenvalue weighted by Crippen LogP contribution is -2.40. The Bertz CT molecular complexity index is 828. The fourth-order valence-electron chi connectivity index (χ4n) is 2.41. The number of aromatic carboxylic acids is 1. The summed E-state index contributed by atoms with van der Waals surface area (Å²) >= 11 is 0. The first-order valence-corrected chi connectivity index (χ1v) is 8.14. The van der Waals surface area contributed by atoms with Crippen LogP contribution in [0.3, 0.4) is 0 Å². The first-order valence-electron chi connectivity index (χ1n) is 6.70. The number of carbonyl (C=O) groups is 1. The molecule has 1 aromatic heterocycles. The van der Waals surface area contributed by atoms with Gasteiger partial charge in [-0.2, -0.15) is 4.31 Å². The van der Waals surface area contributed by atoms with E-state index in [1.54, 1.807) is 0 Å². The third-order valence-corrected chi connectivity index (χ3v) is 5.45. The van der Waals surface area contributed by atoms with E-state index in [2.05, 4.69) is 4.98 Å². The highest BCUT2D eigenvalue weighted by molar-refractivity contribution is 7.89. The lowest BCUT2D eigenvalue weighted by atomic mass is 10.1. The molecule has 0 unspecified atom stereocenters. The second-order valence-corrected chi connectivity index (χ2v) is 6.80. The second kappa shape index (κ2) is 5.64. The third-order valence-electron chi connectivity index (χ3n) is 3.55. The molecule has 3 rings (SSSR count). The van der Waals surface area contributed by atoms with Crippen LogP contribution < -0.4 is 0 Å². The summed E-state index contributed by atoms with van der Waals surface area (Å²) in [6.45, 7) is 1.29. The maximum Gasteiger partial charge on any atom is 0.336 e. The van der Waals surface area contributed by atoms with Gasteiger partial charge in [-0.1, -0.05) is 0 Å². The average Bonchev–Trinajstić information content (AvgIpc) is 2.54. The van der Waals surface area contributed by atoms with Crippen LogP contribution in [-0.2, 0) is 14.8 Å². The van der Waals surface area contributed by atoms with Crippen LogP contribution in [0.5, 0.6) is 0 Å². The summed E-state index contributed by atoms with van der Waals surface area (Å²) in [6.07, 6.45) is 1.39. The molecule has 1 N–H and O–H groups in total. The second-order valence-electron chi connectivity index (χ2n) is 4.86. The Morgan fingerprint density at radius 2 is 1.95 bits per heavy atom. The van der Waals surface area contributed by atoms with E-state index in [4.69, 9.17) is 4.74 Å². The average molecular weight is 322 g/mol. The Morgan fingerprint density at radius 3 is 2.64 bits per heavy atom. The van der Waals surface area contributed by atoms with Gasteiger partial charge in [-0.3, -0.25) is 4.98 Å². The Balaban J connectivity index is 2.11. The SMILES string of the molecule is O=C(O)c1ccnc2ccc(S(=O)(=O)N3CCOCC3)cc12. The first-order chi connectivity index (χ1) is 10.5. The smallest absolute Gasteiger partial charge is 0.336 e. The molecule has 0 amide bonds. The molecule has 22 heavy (non-hydrogen) atoms. The molecule has 2 aromatic rings. The molecule has 0 saturated carbocycles. The number of fused-ring (bicyclic) bond motifs is 1. The molecule has 2 heterocycles. The molecule has 0 aliphatic carbocycles. The molecule has 0 bridgehead atoms. The highest BCUT2D eigenvalue weighted by Gasteiger charge is 2.26. The zero-order valence-electron chi connectivity index (χ0n) is 11.6. The number of carboxylic acids is 1. The van der Waals surface area contributed by atoms with Crippen molar-refractivity contribution in [2.24, 2.45) is 0 Å². The van der Waals surface area contributed by atoms with Crippen LogP contribution in [0, 0.1) is 0 Å². The van der Waals surface area contributed by atoms with Gasteiger partial charge in [0.2, 0.25) is 10.0 Å². The summed E-state index contributed by atoms with van der Waals surface area (Å²) in [4.78, 5) is 15.4. The van der Waals surface area contributed by atoms with Crippen molar-refractivity contribution >= 4 is 26.9 Å². The van der Waals surface area contributed by atoms with Gasteiger partial charge in [0, 0.05) is 24.7 Å². The predicted molar refractivity (Wildman–Crippen MR) is 78.3 cm³/mol. The molecule has 1 aromatic carbocycles. The highest BCUT2D eigenvalue weighted by atomic mass is 32.2. The monoisotopic (exact) mass is 322 g/mol. The summed E-state index contributed by atoms with van der Waals surface area (Å²) in [6, 6.07) is 5.70. The van der Waals surface area contributed by atoms with E-state index < -0.39 is 16.0 Å². The number of pyridine rings is 1. The van der Waals surface area contributed by atoms with Crippen LogP contribution in [-0.4, -0.2) is 55.1 Å². The number of aromatic nitrogens is 1. The number of benzene rings is 1. The molecular weight excluding hydrogens is 308 g/mol. The highest BCUT2D eigenvalue weighted by Crippen LogP contribution is 2.24. The lowest BCUT2D eigenvalue weighted by molar-refractivity contribution is 0.0699. The first kappa shape index (κ1) is 14.9.